The zero-order chi connectivity index (χ0) is 63.3. The van der Waals surface area contributed by atoms with Gasteiger partial charge in [0, 0.05) is 59.2 Å². The zero-order valence-corrected chi connectivity index (χ0v) is 54.3. The number of methoxy groups -OCH3 is 1. The fourth-order valence-electron chi connectivity index (χ4n) is 7.58. The van der Waals surface area contributed by atoms with Gasteiger partial charge in [-0.1, -0.05) is 165 Å². The number of carbonyl (C=O) groups excluding carboxylic acids is 7. The fourth-order valence-corrected chi connectivity index (χ4v) is 9.14. The number of amides is 5. The first-order valence-corrected chi connectivity index (χ1v) is 31.6. The Bertz CT molecular complexity index is 2600. The second kappa shape index (κ2) is 37.0. The highest BCUT2D eigenvalue weighted by molar-refractivity contribution is 6.74. The van der Waals surface area contributed by atoms with Crippen molar-refractivity contribution in [1.29, 1.82) is 0 Å². The monoisotopic (exact) mass is 1210 g/mol. The van der Waals surface area contributed by atoms with E-state index >= 15 is 0 Å². The molecular weight excluding hydrogens is 1120 g/mol. The maximum absolute atomic E-state index is 13.1. The first-order chi connectivity index (χ1) is 38.6. The van der Waals surface area contributed by atoms with Crippen molar-refractivity contribution in [2.45, 2.75) is 190 Å². The number of rotatable bonds is 26. The molecule has 0 aromatic carbocycles. The van der Waals surface area contributed by atoms with Crippen LogP contribution < -0.4 is 27.0 Å². The van der Waals surface area contributed by atoms with Gasteiger partial charge in [-0.05, 0) is 100 Å². The van der Waals surface area contributed by atoms with E-state index in [2.05, 4.69) is 67.0 Å². The summed E-state index contributed by atoms with van der Waals surface area (Å²) in [6.45, 7) is 31.4. The van der Waals surface area contributed by atoms with Gasteiger partial charge in [0.1, 0.15) is 30.4 Å². The first-order valence-electron chi connectivity index (χ1n) is 27.9. The summed E-state index contributed by atoms with van der Waals surface area (Å²) in [6, 6.07) is -1.57. The Morgan fingerprint density at radius 3 is 1.87 bits per heavy atom. The molecule has 0 radical (unpaired) electrons. The molecule has 0 aromatic rings. The molecule has 460 valence electrons. The predicted molar refractivity (Wildman–Crippen MR) is 332 cm³/mol. The summed E-state index contributed by atoms with van der Waals surface area (Å²) in [5.74, 6) is 2.61. The average molecular weight is 1210 g/mol. The van der Waals surface area contributed by atoms with Crippen LogP contribution in [0.5, 0.6) is 0 Å². The standard InChI is InChI=1S/C33H53ClN2O5Si.C30H40ClN3O7/c1-23(27-21-18-24(2)31(39)40-27)15-12-13-17-28(37)36-29(32(4,5)6)30(38)35-22-14-16-26(20-19-25(3)34)41-42(10,11)33(7,8)9;1-19(2)27(28(36)33-17-9-11-23(40-30(32)38)14-13-22(5)31)34-26(35)12-8-7-10-20(3)18-21(4)24-15-16-25(39-6)29(37)41-24/h12-15,17-19,22-23,26-27,29H,16,20-21H2,1-11H3,(H,35,38)(H,36,37);7,9-10,13,16-19,21,23-24,27H,11,14-15H2,1-6H3,(H2,32,38)(H,33,36)(H,34,35). The number of esters is 2. The van der Waals surface area contributed by atoms with Crippen LogP contribution in [0.15, 0.2) is 118 Å². The SMILES string of the molecule is CC(Cl)=CCC(CC=CNC(=O)C(NC(=O)C=CC=CC(C)C1CC=C(C)C(=O)O1)C(C)(C)C)O[Si](C)(C)C(C)(C)C.COC1=CCC(C(C)C=C(C)C=CC#CC(=O)NC(C(=O)NC=CCC(CC=C(C)Cl)OC(N)=O)C(C)C)OC1=O. The number of halogens is 2. The van der Waals surface area contributed by atoms with Gasteiger partial charge in [0.05, 0.1) is 13.2 Å². The van der Waals surface area contributed by atoms with Crippen LogP contribution in [-0.2, 0) is 52.1 Å². The van der Waals surface area contributed by atoms with E-state index in [-0.39, 0.29) is 64.6 Å². The molecule has 0 fully saturated rings. The highest BCUT2D eigenvalue weighted by atomic mass is 35.5. The molecule has 20 heteroatoms. The first kappa shape index (κ1) is 74.6. The van der Waals surface area contributed by atoms with Crippen LogP contribution in [0.4, 0.5) is 4.79 Å². The van der Waals surface area contributed by atoms with E-state index < -0.39 is 55.8 Å². The van der Waals surface area contributed by atoms with Gasteiger partial charge in [0.2, 0.25) is 17.7 Å². The Balaban J connectivity index is 0.000000830. The summed E-state index contributed by atoms with van der Waals surface area (Å²) in [4.78, 5) is 85.5. The highest BCUT2D eigenvalue weighted by Crippen LogP contribution is 2.38. The number of nitrogens with two attached hydrogens (primary N) is 1. The molecule has 2 aliphatic heterocycles. The zero-order valence-electron chi connectivity index (χ0n) is 51.8. The van der Waals surface area contributed by atoms with Gasteiger partial charge < -0.3 is 50.4 Å². The molecule has 5 amide bonds. The lowest BCUT2D eigenvalue weighted by molar-refractivity contribution is -0.151. The predicted octanol–water partition coefficient (Wildman–Crippen LogP) is 11.6. The van der Waals surface area contributed by atoms with Gasteiger partial charge >= 0.3 is 18.0 Å². The quantitative estimate of drug-likeness (QED) is 0.0136. The number of nitrogens with one attached hydrogen (secondary N) is 4. The average Bonchev–Trinajstić information content (AvgIpc) is 3.47. The molecule has 6 N–H and O–H groups in total. The third kappa shape index (κ3) is 30.7. The lowest BCUT2D eigenvalue weighted by atomic mass is 9.86. The maximum Gasteiger partial charge on any atom is 0.404 e. The van der Waals surface area contributed by atoms with Crippen LogP contribution in [-0.4, -0.2) is 93.6 Å². The number of hydrogen-bond donors (Lipinski definition) is 5. The summed E-state index contributed by atoms with van der Waals surface area (Å²) in [6.07, 6.45) is 26.9. The number of carbonyl (C=O) groups is 7. The number of allylic oxidation sites excluding steroid dienone is 7. The number of hydrogen-bond acceptors (Lipinski definition) is 12. The van der Waals surface area contributed by atoms with Gasteiger partial charge in [-0.25, -0.2) is 14.4 Å². The molecule has 0 saturated carbocycles. The molecule has 2 heterocycles. The van der Waals surface area contributed by atoms with E-state index in [0.717, 1.165) is 10.6 Å². The Kier molecular flexibility index (Phi) is 33.3. The van der Waals surface area contributed by atoms with Crippen molar-refractivity contribution in [2.24, 2.45) is 28.9 Å². The van der Waals surface area contributed by atoms with Crippen LogP contribution in [0.2, 0.25) is 18.1 Å². The van der Waals surface area contributed by atoms with Gasteiger partial charge in [-0.15, -0.1) is 0 Å². The molecule has 0 aliphatic carbocycles. The van der Waals surface area contributed by atoms with E-state index in [9.17, 15) is 33.6 Å². The molecule has 0 spiro atoms. The van der Waals surface area contributed by atoms with Gasteiger partial charge in [0.25, 0.3) is 5.91 Å². The van der Waals surface area contributed by atoms with Gasteiger partial charge in [-0.3, -0.25) is 19.2 Å². The van der Waals surface area contributed by atoms with Gasteiger partial charge in [-0.2, -0.15) is 0 Å². The van der Waals surface area contributed by atoms with E-state index in [1.54, 1.807) is 70.4 Å². The largest absolute Gasteiger partial charge is 0.490 e. The Hall–Kier alpha value is -6.39. The molecule has 17 nitrogen and oxygen atoms in total. The third-order valence-corrected chi connectivity index (χ3v) is 18.4. The summed E-state index contributed by atoms with van der Waals surface area (Å²) in [7, 11) is -0.566. The molecule has 0 saturated heterocycles. The molecule has 8 unspecified atom stereocenters. The second-order valence-corrected chi connectivity index (χ2v) is 29.4. The van der Waals surface area contributed by atoms with Crippen LogP contribution in [0.3, 0.4) is 0 Å². The molecule has 83 heavy (non-hydrogen) atoms. The Morgan fingerprint density at radius 2 is 1.34 bits per heavy atom. The number of primary amides is 1. The summed E-state index contributed by atoms with van der Waals surface area (Å²) < 4.78 is 27.4. The molecule has 2 rings (SSSR count). The minimum absolute atomic E-state index is 0.00671. The minimum Gasteiger partial charge on any atom is -0.490 e. The number of ether oxygens (including phenoxy) is 4. The van der Waals surface area contributed by atoms with Crippen molar-refractivity contribution >= 4 is 73.2 Å². The lowest BCUT2D eigenvalue weighted by Gasteiger charge is -2.39. The van der Waals surface area contributed by atoms with E-state index in [4.69, 9.17) is 52.3 Å². The van der Waals surface area contributed by atoms with Crippen LogP contribution >= 0.6 is 23.2 Å². The summed E-state index contributed by atoms with van der Waals surface area (Å²) >= 11 is 11.9. The van der Waals surface area contributed by atoms with Crippen molar-refractivity contribution in [2.75, 3.05) is 7.11 Å². The molecular formula is C63H93Cl2N5O12Si. The van der Waals surface area contributed by atoms with E-state index in [1.807, 2.05) is 78.8 Å². The third-order valence-electron chi connectivity index (χ3n) is 13.5. The van der Waals surface area contributed by atoms with Crippen LogP contribution in [0.25, 0.3) is 0 Å². The van der Waals surface area contributed by atoms with E-state index in [0.29, 0.717) is 49.1 Å². The maximum atomic E-state index is 13.1. The van der Waals surface area contributed by atoms with Crippen molar-refractivity contribution < 1.29 is 56.9 Å². The number of cyclic esters (lactones) is 2. The van der Waals surface area contributed by atoms with Crippen molar-refractivity contribution in [3.05, 3.63) is 118 Å². The lowest BCUT2D eigenvalue weighted by Crippen LogP contribution is -2.52. The smallest absolute Gasteiger partial charge is 0.404 e. The normalized spacial score (nSPS) is 18.8. The Labute approximate surface area is 505 Å². The minimum atomic E-state index is -1.99. The molecule has 8 atom stereocenters. The van der Waals surface area contributed by atoms with E-state index in [1.165, 1.54) is 25.5 Å². The Morgan fingerprint density at radius 1 is 0.783 bits per heavy atom. The van der Waals surface area contributed by atoms with Crippen LogP contribution in [0.1, 0.15) is 135 Å². The van der Waals surface area contributed by atoms with Gasteiger partial charge in [0.15, 0.2) is 14.1 Å². The van der Waals surface area contributed by atoms with Crippen molar-refractivity contribution in [1.82, 2.24) is 21.3 Å². The van der Waals surface area contributed by atoms with Crippen molar-refractivity contribution in [3.63, 3.8) is 0 Å². The molecule has 0 bridgehead atoms. The molecule has 0 aromatic heterocycles. The summed E-state index contributed by atoms with van der Waals surface area (Å²) in [5, 5.41) is 12.2. The van der Waals surface area contributed by atoms with Crippen LogP contribution in [0, 0.1) is 35.0 Å². The molecule has 2 aliphatic rings. The fraction of sp³-hybridized carbons (Fsp3) is 0.540. The topological polar surface area (TPSA) is 240 Å². The summed E-state index contributed by atoms with van der Waals surface area (Å²) in [5.41, 5.74) is 6.10. The highest BCUT2D eigenvalue weighted by Gasteiger charge is 2.39. The second-order valence-electron chi connectivity index (χ2n) is 23.4. The van der Waals surface area contributed by atoms with Crippen molar-refractivity contribution in [3.8, 4) is 11.8 Å².